The van der Waals surface area contributed by atoms with Gasteiger partial charge in [-0.2, -0.15) is 5.26 Å². The van der Waals surface area contributed by atoms with Crippen molar-refractivity contribution in [2.75, 3.05) is 18.0 Å². The molecule has 2 nitrogen and oxygen atoms in total. The van der Waals surface area contributed by atoms with Gasteiger partial charge in [-0.05, 0) is 56.0 Å². The van der Waals surface area contributed by atoms with Gasteiger partial charge in [0.1, 0.15) is 0 Å². The van der Waals surface area contributed by atoms with Gasteiger partial charge in [0.15, 0.2) is 0 Å². The zero-order valence-corrected chi connectivity index (χ0v) is 18.8. The third kappa shape index (κ3) is 10.9. The molecule has 0 aliphatic carbocycles. The topological polar surface area (TPSA) is 27.0 Å². The smallest absolute Gasteiger partial charge is 0.0944 e. The summed E-state index contributed by atoms with van der Waals surface area (Å²) in [6.45, 7) is 14.8. The maximum Gasteiger partial charge on any atom is 0.0944 e. The van der Waals surface area contributed by atoms with Gasteiger partial charge < -0.3 is 4.90 Å². The van der Waals surface area contributed by atoms with Crippen molar-refractivity contribution in [3.8, 4) is 6.07 Å². The minimum atomic E-state index is 0.755. The Labute approximate surface area is 169 Å². The molecule has 0 spiro atoms. The van der Waals surface area contributed by atoms with E-state index < -0.39 is 0 Å². The largest absolute Gasteiger partial charge is 0.372 e. The molecule has 0 aliphatic rings. The van der Waals surface area contributed by atoms with Crippen LogP contribution in [0.2, 0.25) is 0 Å². The van der Waals surface area contributed by atoms with Gasteiger partial charge in [0.25, 0.3) is 0 Å². The number of nitrogens with zero attached hydrogens (tertiary/aromatic N) is 2. The Morgan fingerprint density at radius 3 is 2.15 bits per heavy atom. The van der Waals surface area contributed by atoms with E-state index in [1.165, 1.54) is 62.6 Å². The number of hydrogen-bond donors (Lipinski definition) is 0. The fourth-order valence-electron chi connectivity index (χ4n) is 3.09. The number of benzene rings is 1. The SMILES string of the molecule is CC.CCCCCCCCN(CCCC)c1ccc(/C=C(\C)C#N)c(C)c1. The second-order valence-corrected chi connectivity index (χ2v) is 7.09. The summed E-state index contributed by atoms with van der Waals surface area (Å²) in [5.74, 6) is 0. The second kappa shape index (κ2) is 16.4. The zero-order chi connectivity index (χ0) is 20.5. The predicted octanol–water partition coefficient (Wildman–Crippen LogP) is 7.92. The highest BCUT2D eigenvalue weighted by molar-refractivity contribution is 5.63. The summed E-state index contributed by atoms with van der Waals surface area (Å²) >= 11 is 0. The number of allylic oxidation sites excluding steroid dienone is 1. The Morgan fingerprint density at radius 2 is 1.56 bits per heavy atom. The molecule has 0 fully saturated rings. The quantitative estimate of drug-likeness (QED) is 0.276. The predicted molar refractivity (Wildman–Crippen MR) is 122 cm³/mol. The summed E-state index contributed by atoms with van der Waals surface area (Å²) in [4.78, 5) is 2.54. The van der Waals surface area contributed by atoms with Crippen molar-refractivity contribution in [1.29, 1.82) is 5.26 Å². The highest BCUT2D eigenvalue weighted by Gasteiger charge is 2.08. The van der Waals surface area contributed by atoms with Crippen molar-refractivity contribution in [3.05, 3.63) is 34.9 Å². The van der Waals surface area contributed by atoms with Crippen LogP contribution < -0.4 is 4.90 Å². The third-order valence-corrected chi connectivity index (χ3v) is 4.73. The maximum absolute atomic E-state index is 8.97. The van der Waals surface area contributed by atoms with Crippen LogP contribution in [0.15, 0.2) is 23.8 Å². The molecular formula is C25H42N2. The molecule has 0 atom stereocenters. The van der Waals surface area contributed by atoms with E-state index in [-0.39, 0.29) is 0 Å². The van der Waals surface area contributed by atoms with Gasteiger partial charge >= 0.3 is 0 Å². The second-order valence-electron chi connectivity index (χ2n) is 7.09. The number of hydrogen-bond acceptors (Lipinski definition) is 2. The molecule has 0 saturated heterocycles. The Balaban J connectivity index is 0.00000326. The van der Waals surface area contributed by atoms with Crippen LogP contribution in [-0.2, 0) is 0 Å². The van der Waals surface area contributed by atoms with Crippen LogP contribution in [0.25, 0.3) is 6.08 Å². The van der Waals surface area contributed by atoms with Gasteiger partial charge in [0, 0.05) is 24.4 Å². The van der Waals surface area contributed by atoms with E-state index in [0.717, 1.165) is 24.2 Å². The van der Waals surface area contributed by atoms with Gasteiger partial charge in [-0.25, -0.2) is 0 Å². The van der Waals surface area contributed by atoms with Crippen molar-refractivity contribution < 1.29 is 0 Å². The fourth-order valence-corrected chi connectivity index (χ4v) is 3.09. The molecule has 0 unspecified atom stereocenters. The lowest BCUT2D eigenvalue weighted by Crippen LogP contribution is -2.25. The van der Waals surface area contributed by atoms with E-state index in [1.54, 1.807) is 0 Å². The van der Waals surface area contributed by atoms with Crippen LogP contribution in [-0.4, -0.2) is 13.1 Å². The Morgan fingerprint density at radius 1 is 0.963 bits per heavy atom. The molecule has 152 valence electrons. The van der Waals surface area contributed by atoms with Crippen LogP contribution in [0.3, 0.4) is 0 Å². The summed E-state index contributed by atoms with van der Waals surface area (Å²) < 4.78 is 0. The number of anilines is 1. The van der Waals surface area contributed by atoms with E-state index in [0.29, 0.717) is 0 Å². The summed E-state index contributed by atoms with van der Waals surface area (Å²) in [5, 5.41) is 8.97. The lowest BCUT2D eigenvalue weighted by atomic mass is 10.0. The molecule has 0 heterocycles. The molecule has 0 radical (unpaired) electrons. The van der Waals surface area contributed by atoms with E-state index in [2.05, 4.69) is 49.9 Å². The Bertz CT molecular complexity index is 566. The average molecular weight is 371 g/mol. The van der Waals surface area contributed by atoms with E-state index in [4.69, 9.17) is 5.26 Å². The van der Waals surface area contributed by atoms with Crippen LogP contribution in [0.1, 0.15) is 97.1 Å². The lowest BCUT2D eigenvalue weighted by molar-refractivity contribution is 0.593. The van der Waals surface area contributed by atoms with Crippen molar-refractivity contribution in [2.24, 2.45) is 0 Å². The molecular weight excluding hydrogens is 328 g/mol. The zero-order valence-electron chi connectivity index (χ0n) is 18.8. The minimum Gasteiger partial charge on any atom is -0.372 e. The van der Waals surface area contributed by atoms with Gasteiger partial charge in [-0.3, -0.25) is 0 Å². The first-order valence-corrected chi connectivity index (χ1v) is 11.1. The fraction of sp³-hybridized carbons (Fsp3) is 0.640. The molecule has 1 aromatic rings. The van der Waals surface area contributed by atoms with Gasteiger partial charge in [0.2, 0.25) is 0 Å². The first kappa shape index (κ1) is 25.2. The van der Waals surface area contributed by atoms with E-state index >= 15 is 0 Å². The summed E-state index contributed by atoms with van der Waals surface area (Å²) in [7, 11) is 0. The average Bonchev–Trinajstić information content (AvgIpc) is 2.69. The van der Waals surface area contributed by atoms with Gasteiger partial charge in [-0.1, -0.05) is 72.3 Å². The number of rotatable bonds is 12. The van der Waals surface area contributed by atoms with Crippen LogP contribution in [0, 0.1) is 18.3 Å². The van der Waals surface area contributed by atoms with Crippen molar-refractivity contribution >= 4 is 11.8 Å². The lowest BCUT2D eigenvalue weighted by Gasteiger charge is -2.25. The minimum absolute atomic E-state index is 0.755. The summed E-state index contributed by atoms with van der Waals surface area (Å²) in [5.41, 5.74) is 4.48. The number of aryl methyl sites for hydroxylation is 1. The highest BCUT2D eigenvalue weighted by atomic mass is 15.1. The van der Waals surface area contributed by atoms with Crippen LogP contribution in [0.4, 0.5) is 5.69 Å². The Kier molecular flexibility index (Phi) is 15.4. The maximum atomic E-state index is 8.97. The molecule has 0 aliphatic heterocycles. The molecule has 0 saturated carbocycles. The van der Waals surface area contributed by atoms with Crippen LogP contribution in [0.5, 0.6) is 0 Å². The molecule has 0 bridgehead atoms. The first-order chi connectivity index (χ1) is 13.1. The summed E-state index contributed by atoms with van der Waals surface area (Å²) in [6.07, 6.45) is 12.5. The number of unbranched alkanes of at least 4 members (excludes halogenated alkanes) is 6. The molecule has 1 aromatic carbocycles. The van der Waals surface area contributed by atoms with Crippen LogP contribution >= 0.6 is 0 Å². The highest BCUT2D eigenvalue weighted by Crippen LogP contribution is 2.22. The van der Waals surface area contributed by atoms with Crippen molar-refractivity contribution in [1.82, 2.24) is 0 Å². The molecule has 0 N–H and O–H groups in total. The molecule has 0 amide bonds. The van der Waals surface area contributed by atoms with Gasteiger partial charge in [-0.15, -0.1) is 0 Å². The van der Waals surface area contributed by atoms with Crippen molar-refractivity contribution in [2.45, 2.75) is 92.9 Å². The van der Waals surface area contributed by atoms with E-state index in [1.807, 2.05) is 26.8 Å². The third-order valence-electron chi connectivity index (χ3n) is 4.73. The molecule has 0 aromatic heterocycles. The Hall–Kier alpha value is -1.75. The number of nitriles is 1. The molecule has 2 heteroatoms. The standard InChI is InChI=1S/C23H36N2.C2H6/c1-5-7-9-10-11-12-16-25(15-8-6-2)23-14-13-22(21(4)18-23)17-20(3)19-24;1-2/h13-14,17-18H,5-12,15-16H2,1-4H3;1-2H3/b20-17+;. The normalized spacial score (nSPS) is 10.8. The first-order valence-electron chi connectivity index (χ1n) is 11.1. The monoisotopic (exact) mass is 370 g/mol. The molecule has 27 heavy (non-hydrogen) atoms. The molecule has 1 rings (SSSR count). The van der Waals surface area contributed by atoms with E-state index in [9.17, 15) is 0 Å². The van der Waals surface area contributed by atoms with Crippen molar-refractivity contribution in [3.63, 3.8) is 0 Å². The van der Waals surface area contributed by atoms with Gasteiger partial charge in [0.05, 0.1) is 6.07 Å². The summed E-state index contributed by atoms with van der Waals surface area (Å²) in [6, 6.07) is 8.86.